The summed E-state index contributed by atoms with van der Waals surface area (Å²) in [7, 11) is 0. The Labute approximate surface area is 168 Å². The molecule has 4 atom stereocenters. The van der Waals surface area contributed by atoms with Gasteiger partial charge in [0.2, 0.25) is 5.91 Å². The number of fused-ring (bicyclic) bond motifs is 2. The Bertz CT molecular complexity index is 731. The minimum atomic E-state index is -0.924. The number of aliphatic carboxylic acids is 1. The monoisotopic (exact) mass is 412 g/mol. The van der Waals surface area contributed by atoms with Gasteiger partial charge in [-0.2, -0.15) is 0 Å². The van der Waals surface area contributed by atoms with Gasteiger partial charge in [0.15, 0.2) is 0 Å². The highest BCUT2D eigenvalue weighted by molar-refractivity contribution is 6.35. The Kier molecular flexibility index (Phi) is 5.34. The van der Waals surface area contributed by atoms with Crippen LogP contribution in [0.4, 0.5) is 0 Å². The van der Waals surface area contributed by atoms with E-state index < -0.39 is 17.8 Å². The van der Waals surface area contributed by atoms with E-state index in [2.05, 4.69) is 4.90 Å². The Hall–Kier alpha value is -1.34. The molecule has 1 aromatic rings. The molecule has 0 aliphatic carbocycles. The smallest absolute Gasteiger partial charge is 0.310 e. The Morgan fingerprint density at radius 3 is 2.22 bits per heavy atom. The maximum Gasteiger partial charge on any atom is 0.310 e. The third-order valence-corrected chi connectivity index (χ3v) is 6.68. The molecular formula is C19H22Cl2N2O4. The van der Waals surface area contributed by atoms with E-state index in [4.69, 9.17) is 27.9 Å². The molecule has 3 fully saturated rings. The molecule has 0 radical (unpaired) electrons. The van der Waals surface area contributed by atoms with Crippen LogP contribution in [0, 0.1) is 11.8 Å². The zero-order valence-corrected chi connectivity index (χ0v) is 16.3. The number of halogens is 2. The topological polar surface area (TPSA) is 70.1 Å². The molecule has 1 aromatic carbocycles. The highest BCUT2D eigenvalue weighted by Gasteiger charge is 2.56. The highest BCUT2D eigenvalue weighted by atomic mass is 35.5. The quantitative estimate of drug-likeness (QED) is 0.822. The van der Waals surface area contributed by atoms with E-state index in [1.807, 2.05) is 18.2 Å². The number of rotatable bonds is 4. The average Bonchev–Trinajstić information content (AvgIpc) is 3.26. The molecule has 3 aliphatic heterocycles. The van der Waals surface area contributed by atoms with Crippen LogP contribution in [0.3, 0.4) is 0 Å². The van der Waals surface area contributed by atoms with Crippen LogP contribution in [-0.2, 0) is 20.9 Å². The lowest BCUT2D eigenvalue weighted by Gasteiger charge is -2.37. The summed E-state index contributed by atoms with van der Waals surface area (Å²) >= 11 is 12.5. The molecule has 3 heterocycles. The molecule has 0 unspecified atom stereocenters. The molecule has 1 amide bonds. The molecule has 27 heavy (non-hydrogen) atoms. The predicted octanol–water partition coefficient (Wildman–Crippen LogP) is 2.52. The molecule has 0 saturated carbocycles. The number of carbonyl (C=O) groups is 2. The van der Waals surface area contributed by atoms with E-state index in [-0.39, 0.29) is 18.1 Å². The van der Waals surface area contributed by atoms with Crippen molar-refractivity contribution in [3.05, 3.63) is 33.8 Å². The van der Waals surface area contributed by atoms with Crippen LogP contribution in [0.25, 0.3) is 0 Å². The molecule has 1 N–H and O–H groups in total. The number of hydrogen-bond acceptors (Lipinski definition) is 4. The minimum Gasteiger partial charge on any atom is -0.481 e. The highest BCUT2D eigenvalue weighted by Crippen LogP contribution is 2.44. The number of carbonyl (C=O) groups excluding carboxylic acids is 1. The van der Waals surface area contributed by atoms with Crippen LogP contribution in [0.2, 0.25) is 10.0 Å². The number of carboxylic acids is 1. The van der Waals surface area contributed by atoms with Crippen molar-refractivity contribution in [1.82, 2.24) is 9.80 Å². The first-order valence-electron chi connectivity index (χ1n) is 9.28. The van der Waals surface area contributed by atoms with Crippen LogP contribution >= 0.6 is 23.2 Å². The van der Waals surface area contributed by atoms with E-state index >= 15 is 0 Å². The van der Waals surface area contributed by atoms with Crippen molar-refractivity contribution in [2.75, 3.05) is 26.2 Å². The summed E-state index contributed by atoms with van der Waals surface area (Å²) in [6, 6.07) is 5.47. The molecular weight excluding hydrogens is 391 g/mol. The average molecular weight is 413 g/mol. The van der Waals surface area contributed by atoms with Crippen LogP contribution < -0.4 is 0 Å². The van der Waals surface area contributed by atoms with E-state index in [1.165, 1.54) is 0 Å². The standard InChI is InChI=1S/C19H22Cl2N2O4/c20-12-2-1-3-13(21)11(12)10-22-6-8-23(9-7-22)18(24)16-14-4-5-15(27-14)17(16)19(25)26/h1-3,14-17H,4-10H2,(H,25,26)/t14-,15-,16+,17-/m1/s1. The van der Waals surface area contributed by atoms with Crippen molar-refractivity contribution < 1.29 is 19.4 Å². The van der Waals surface area contributed by atoms with Crippen molar-refractivity contribution in [2.45, 2.75) is 31.6 Å². The fourth-order valence-electron chi connectivity index (χ4n) is 4.55. The Morgan fingerprint density at radius 1 is 1.04 bits per heavy atom. The van der Waals surface area contributed by atoms with E-state index in [0.717, 1.165) is 18.4 Å². The summed E-state index contributed by atoms with van der Waals surface area (Å²) in [5.74, 6) is -2.26. The first-order valence-corrected chi connectivity index (χ1v) is 10.0. The molecule has 2 bridgehead atoms. The summed E-state index contributed by atoms with van der Waals surface area (Å²) in [6.07, 6.45) is 0.946. The third kappa shape index (κ3) is 3.56. The van der Waals surface area contributed by atoms with Gasteiger partial charge in [-0.25, -0.2) is 0 Å². The van der Waals surface area contributed by atoms with Gasteiger partial charge >= 0.3 is 5.97 Å². The second kappa shape index (κ2) is 7.59. The maximum absolute atomic E-state index is 13.0. The molecule has 4 rings (SSSR count). The molecule has 8 heteroatoms. The van der Waals surface area contributed by atoms with Crippen molar-refractivity contribution in [3.63, 3.8) is 0 Å². The summed E-state index contributed by atoms with van der Waals surface area (Å²) in [5.41, 5.74) is 0.896. The van der Waals surface area contributed by atoms with Crippen molar-refractivity contribution in [2.24, 2.45) is 11.8 Å². The van der Waals surface area contributed by atoms with Crippen LogP contribution in [-0.4, -0.2) is 65.2 Å². The number of benzene rings is 1. The van der Waals surface area contributed by atoms with E-state index in [9.17, 15) is 14.7 Å². The summed E-state index contributed by atoms with van der Waals surface area (Å²) in [4.78, 5) is 28.6. The van der Waals surface area contributed by atoms with Gasteiger partial charge in [0.1, 0.15) is 0 Å². The molecule has 6 nitrogen and oxygen atoms in total. The van der Waals surface area contributed by atoms with Crippen molar-refractivity contribution >= 4 is 35.1 Å². The first-order chi connectivity index (χ1) is 13.0. The number of hydrogen-bond donors (Lipinski definition) is 1. The SMILES string of the molecule is O=C(O)[C@H]1[C@@H](C(=O)N2CCN(Cc3c(Cl)cccc3Cl)CC2)[C@H]2CC[C@H]1O2. The van der Waals surface area contributed by atoms with E-state index in [0.29, 0.717) is 42.8 Å². The Balaban J connectivity index is 1.38. The zero-order valence-electron chi connectivity index (χ0n) is 14.8. The van der Waals surface area contributed by atoms with Crippen LogP contribution in [0.5, 0.6) is 0 Å². The van der Waals surface area contributed by atoms with Crippen LogP contribution in [0.1, 0.15) is 18.4 Å². The van der Waals surface area contributed by atoms with Gasteiger partial charge in [0, 0.05) is 48.3 Å². The normalized spacial score (nSPS) is 30.7. The summed E-state index contributed by atoms with van der Waals surface area (Å²) in [6.45, 7) is 3.18. The lowest BCUT2D eigenvalue weighted by molar-refractivity contribution is -0.151. The number of amides is 1. The number of nitrogens with zero attached hydrogens (tertiary/aromatic N) is 2. The summed E-state index contributed by atoms with van der Waals surface area (Å²) < 4.78 is 5.73. The van der Waals surface area contributed by atoms with E-state index in [1.54, 1.807) is 4.90 Å². The van der Waals surface area contributed by atoms with Gasteiger partial charge in [0.05, 0.1) is 24.0 Å². The zero-order chi connectivity index (χ0) is 19.1. The van der Waals surface area contributed by atoms with Gasteiger partial charge in [0.25, 0.3) is 0 Å². The van der Waals surface area contributed by atoms with Crippen LogP contribution in [0.15, 0.2) is 18.2 Å². The maximum atomic E-state index is 13.0. The molecule has 146 valence electrons. The third-order valence-electron chi connectivity index (χ3n) is 5.97. The predicted molar refractivity (Wildman–Crippen MR) is 101 cm³/mol. The Morgan fingerprint density at radius 2 is 1.63 bits per heavy atom. The van der Waals surface area contributed by atoms with Gasteiger partial charge in [-0.15, -0.1) is 0 Å². The second-order valence-electron chi connectivity index (χ2n) is 7.48. The molecule has 0 spiro atoms. The lowest BCUT2D eigenvalue weighted by Crippen LogP contribution is -2.53. The molecule has 0 aromatic heterocycles. The fourth-order valence-corrected chi connectivity index (χ4v) is 5.07. The largest absolute Gasteiger partial charge is 0.481 e. The van der Waals surface area contributed by atoms with Gasteiger partial charge in [-0.3, -0.25) is 14.5 Å². The van der Waals surface area contributed by atoms with Crippen molar-refractivity contribution in [3.8, 4) is 0 Å². The van der Waals surface area contributed by atoms with Gasteiger partial charge < -0.3 is 14.7 Å². The first kappa shape index (κ1) is 19.0. The molecule has 3 saturated heterocycles. The second-order valence-corrected chi connectivity index (χ2v) is 8.30. The number of piperazine rings is 1. The lowest BCUT2D eigenvalue weighted by atomic mass is 9.78. The minimum absolute atomic E-state index is 0.0787. The van der Waals surface area contributed by atoms with Crippen molar-refractivity contribution in [1.29, 1.82) is 0 Å². The summed E-state index contributed by atoms with van der Waals surface area (Å²) in [5, 5.41) is 10.8. The van der Waals surface area contributed by atoms with Gasteiger partial charge in [-0.05, 0) is 25.0 Å². The number of ether oxygens (including phenoxy) is 1. The molecule has 3 aliphatic rings. The fraction of sp³-hybridized carbons (Fsp3) is 0.579. The number of carboxylic acid groups (broad SMARTS) is 1. The van der Waals surface area contributed by atoms with Gasteiger partial charge in [-0.1, -0.05) is 29.3 Å².